The van der Waals surface area contributed by atoms with Gasteiger partial charge in [0.05, 0.1) is 25.9 Å². The van der Waals surface area contributed by atoms with Crippen LogP contribution in [0.15, 0.2) is 28.8 Å². The van der Waals surface area contributed by atoms with Crippen LogP contribution in [0, 0.1) is 0 Å². The molecule has 7 nitrogen and oxygen atoms in total. The summed E-state index contributed by atoms with van der Waals surface area (Å²) in [6.07, 6.45) is 0.0259. The number of nitrogens with zero attached hydrogens (tertiary/aromatic N) is 3. The molecule has 0 radical (unpaired) electrons. The Balaban J connectivity index is 1.43. The number of ether oxygens (including phenoxy) is 2. The molecule has 2 atom stereocenters. The van der Waals surface area contributed by atoms with Gasteiger partial charge in [-0.1, -0.05) is 29.4 Å². The SMILES string of the molecule is C[C@H]1OCCN[C@@H]1c1nc(-c2ccc(CN3CCOCC3)cc2)no1. The van der Waals surface area contributed by atoms with E-state index in [4.69, 9.17) is 14.0 Å². The largest absolute Gasteiger partial charge is 0.379 e. The minimum atomic E-state index is -0.0457. The highest BCUT2D eigenvalue weighted by Crippen LogP contribution is 2.24. The van der Waals surface area contributed by atoms with Gasteiger partial charge in [0.2, 0.25) is 11.7 Å². The van der Waals surface area contributed by atoms with Gasteiger partial charge in [-0.15, -0.1) is 0 Å². The minimum absolute atomic E-state index is 0.0259. The molecule has 2 aromatic rings. The van der Waals surface area contributed by atoms with E-state index in [0.29, 0.717) is 18.3 Å². The van der Waals surface area contributed by atoms with E-state index in [1.54, 1.807) is 0 Å². The number of aromatic nitrogens is 2. The summed E-state index contributed by atoms with van der Waals surface area (Å²) < 4.78 is 16.5. The van der Waals surface area contributed by atoms with Crippen LogP contribution in [0.25, 0.3) is 11.4 Å². The second-order valence-electron chi connectivity index (χ2n) is 6.55. The molecule has 0 saturated carbocycles. The summed E-state index contributed by atoms with van der Waals surface area (Å²) >= 11 is 0. The molecule has 4 rings (SSSR count). The number of benzene rings is 1. The van der Waals surface area contributed by atoms with Gasteiger partial charge in [0.1, 0.15) is 6.04 Å². The zero-order valence-electron chi connectivity index (χ0n) is 14.5. The zero-order valence-corrected chi connectivity index (χ0v) is 14.5. The molecule has 0 aliphatic carbocycles. The van der Waals surface area contributed by atoms with E-state index in [0.717, 1.165) is 45.0 Å². The van der Waals surface area contributed by atoms with Crippen molar-refractivity contribution in [2.75, 3.05) is 39.5 Å². The molecule has 2 aliphatic heterocycles. The molecular weight excluding hydrogens is 320 g/mol. The number of hydrogen-bond donors (Lipinski definition) is 1. The van der Waals surface area contributed by atoms with Crippen molar-refractivity contribution in [1.82, 2.24) is 20.4 Å². The molecule has 1 N–H and O–H groups in total. The first-order valence-corrected chi connectivity index (χ1v) is 8.87. The summed E-state index contributed by atoms with van der Waals surface area (Å²) in [5.41, 5.74) is 2.25. The first-order chi connectivity index (χ1) is 12.3. The van der Waals surface area contributed by atoms with Crippen LogP contribution in [0.5, 0.6) is 0 Å². The van der Waals surface area contributed by atoms with Crippen molar-refractivity contribution in [1.29, 1.82) is 0 Å². The molecule has 0 amide bonds. The van der Waals surface area contributed by atoms with Crippen molar-refractivity contribution in [2.24, 2.45) is 0 Å². The molecular formula is C18H24N4O3. The monoisotopic (exact) mass is 344 g/mol. The van der Waals surface area contributed by atoms with Gasteiger partial charge in [-0.2, -0.15) is 4.98 Å². The van der Waals surface area contributed by atoms with Crippen LogP contribution in [0.1, 0.15) is 24.4 Å². The quantitative estimate of drug-likeness (QED) is 0.903. The molecule has 2 saturated heterocycles. The Labute approximate surface area is 147 Å². The highest BCUT2D eigenvalue weighted by molar-refractivity contribution is 5.54. The van der Waals surface area contributed by atoms with Crippen molar-refractivity contribution in [3.63, 3.8) is 0 Å². The number of hydrogen-bond acceptors (Lipinski definition) is 7. The number of morpholine rings is 2. The smallest absolute Gasteiger partial charge is 0.246 e. The Morgan fingerprint density at radius 2 is 1.96 bits per heavy atom. The van der Waals surface area contributed by atoms with E-state index in [2.05, 4.69) is 44.6 Å². The van der Waals surface area contributed by atoms with Crippen LogP contribution in [-0.2, 0) is 16.0 Å². The Hall–Kier alpha value is -1.80. The predicted octanol–water partition coefficient (Wildman–Crippen LogP) is 1.62. The summed E-state index contributed by atoms with van der Waals surface area (Å²) in [5.74, 6) is 1.20. The van der Waals surface area contributed by atoms with Crippen LogP contribution >= 0.6 is 0 Å². The van der Waals surface area contributed by atoms with E-state index < -0.39 is 0 Å². The van der Waals surface area contributed by atoms with Gasteiger partial charge in [-0.3, -0.25) is 4.90 Å². The third kappa shape index (κ3) is 3.90. The van der Waals surface area contributed by atoms with Crippen LogP contribution in [0.2, 0.25) is 0 Å². The normalized spacial score (nSPS) is 25.2. The predicted molar refractivity (Wildman–Crippen MR) is 92.0 cm³/mol. The summed E-state index contributed by atoms with van der Waals surface area (Å²) in [4.78, 5) is 6.96. The lowest BCUT2D eigenvalue weighted by atomic mass is 10.1. The highest BCUT2D eigenvalue weighted by atomic mass is 16.5. The maximum atomic E-state index is 5.64. The fourth-order valence-electron chi connectivity index (χ4n) is 3.27. The average Bonchev–Trinajstić information content (AvgIpc) is 3.13. The Kier molecular flexibility index (Phi) is 5.07. The summed E-state index contributed by atoms with van der Waals surface area (Å²) in [5, 5.41) is 7.50. The fraction of sp³-hybridized carbons (Fsp3) is 0.556. The van der Waals surface area contributed by atoms with E-state index >= 15 is 0 Å². The summed E-state index contributed by atoms with van der Waals surface area (Å²) in [7, 11) is 0. The van der Waals surface area contributed by atoms with Crippen molar-refractivity contribution < 1.29 is 14.0 Å². The molecule has 134 valence electrons. The maximum Gasteiger partial charge on any atom is 0.246 e. The Morgan fingerprint density at radius 3 is 2.72 bits per heavy atom. The van der Waals surface area contributed by atoms with Crippen LogP contribution in [-0.4, -0.2) is 60.6 Å². The first-order valence-electron chi connectivity index (χ1n) is 8.87. The Morgan fingerprint density at radius 1 is 1.16 bits per heavy atom. The standard InChI is InChI=1S/C18H24N4O3/c1-13-16(19-6-9-24-13)18-20-17(21-25-18)15-4-2-14(3-5-15)12-22-7-10-23-11-8-22/h2-5,13,16,19H,6-12H2,1H3/t13-,16+/m1/s1. The highest BCUT2D eigenvalue weighted by Gasteiger charge is 2.28. The van der Waals surface area contributed by atoms with Gasteiger partial charge in [-0.05, 0) is 12.5 Å². The van der Waals surface area contributed by atoms with Crippen LogP contribution in [0.3, 0.4) is 0 Å². The van der Waals surface area contributed by atoms with Gasteiger partial charge >= 0.3 is 0 Å². The van der Waals surface area contributed by atoms with E-state index in [-0.39, 0.29) is 12.1 Å². The second-order valence-corrected chi connectivity index (χ2v) is 6.55. The minimum Gasteiger partial charge on any atom is -0.379 e. The molecule has 1 aromatic carbocycles. The van der Waals surface area contributed by atoms with Crippen molar-refractivity contribution in [3.8, 4) is 11.4 Å². The molecule has 3 heterocycles. The number of nitrogens with one attached hydrogen (secondary N) is 1. The van der Waals surface area contributed by atoms with Crippen molar-refractivity contribution in [2.45, 2.75) is 25.6 Å². The third-order valence-electron chi connectivity index (χ3n) is 4.75. The number of rotatable bonds is 4. The molecule has 0 unspecified atom stereocenters. The fourth-order valence-corrected chi connectivity index (χ4v) is 3.27. The molecule has 25 heavy (non-hydrogen) atoms. The van der Waals surface area contributed by atoms with Crippen molar-refractivity contribution in [3.05, 3.63) is 35.7 Å². The molecule has 0 bridgehead atoms. The topological polar surface area (TPSA) is 72.7 Å². The molecule has 7 heteroatoms. The molecule has 1 aromatic heterocycles. The molecule has 2 aliphatic rings. The van der Waals surface area contributed by atoms with Crippen molar-refractivity contribution >= 4 is 0 Å². The van der Waals surface area contributed by atoms with Gasteiger partial charge in [0, 0.05) is 31.7 Å². The Bertz CT molecular complexity index is 682. The third-order valence-corrected chi connectivity index (χ3v) is 4.75. The maximum absolute atomic E-state index is 5.64. The lowest BCUT2D eigenvalue weighted by Crippen LogP contribution is -2.40. The van der Waals surface area contributed by atoms with Gasteiger partial charge in [-0.25, -0.2) is 0 Å². The van der Waals surface area contributed by atoms with Gasteiger partial charge < -0.3 is 19.3 Å². The van der Waals surface area contributed by atoms with Gasteiger partial charge in [0.15, 0.2) is 0 Å². The summed E-state index contributed by atoms with van der Waals surface area (Å²) in [6, 6.07) is 8.32. The van der Waals surface area contributed by atoms with Crippen LogP contribution < -0.4 is 5.32 Å². The average molecular weight is 344 g/mol. The summed E-state index contributed by atoms with van der Waals surface area (Å²) in [6.45, 7) is 8.09. The lowest BCUT2D eigenvalue weighted by molar-refractivity contribution is -0.00136. The molecule has 2 fully saturated rings. The lowest BCUT2D eigenvalue weighted by Gasteiger charge is -2.27. The zero-order chi connectivity index (χ0) is 17.1. The second kappa shape index (κ2) is 7.61. The van der Waals surface area contributed by atoms with E-state index in [9.17, 15) is 0 Å². The van der Waals surface area contributed by atoms with E-state index in [1.165, 1.54) is 5.56 Å². The van der Waals surface area contributed by atoms with Gasteiger partial charge in [0.25, 0.3) is 0 Å². The first kappa shape index (κ1) is 16.7. The van der Waals surface area contributed by atoms with Crippen LogP contribution in [0.4, 0.5) is 0 Å². The molecule has 0 spiro atoms. The van der Waals surface area contributed by atoms with E-state index in [1.807, 2.05) is 6.92 Å².